The molecule has 0 atom stereocenters. The van der Waals surface area contributed by atoms with E-state index in [4.69, 9.17) is 0 Å². The van der Waals surface area contributed by atoms with Gasteiger partial charge in [0.25, 0.3) is 0 Å². The molecule has 0 saturated carbocycles. The van der Waals surface area contributed by atoms with Crippen LogP contribution in [-0.4, -0.2) is 15.3 Å². The number of carbonyl (C=O) groups excluding carboxylic acids is 1. The molecule has 3 nitrogen and oxygen atoms in total. The van der Waals surface area contributed by atoms with Crippen molar-refractivity contribution in [2.24, 2.45) is 0 Å². The van der Waals surface area contributed by atoms with Gasteiger partial charge < -0.3 is 0 Å². The van der Waals surface area contributed by atoms with Gasteiger partial charge in [0.1, 0.15) is 11.5 Å². The van der Waals surface area contributed by atoms with Crippen LogP contribution in [0.4, 0.5) is 0 Å². The highest BCUT2D eigenvalue weighted by Gasteiger charge is 2.17. The highest BCUT2D eigenvalue weighted by molar-refractivity contribution is 6.08. The molecule has 4 aromatic rings. The van der Waals surface area contributed by atoms with Crippen LogP contribution in [-0.2, 0) is 0 Å². The molecule has 0 radical (unpaired) electrons. The molecule has 1 aromatic heterocycles. The van der Waals surface area contributed by atoms with Gasteiger partial charge in [-0.2, -0.15) is 0 Å². The molecule has 3 aromatic carbocycles. The van der Waals surface area contributed by atoms with Gasteiger partial charge in [0, 0.05) is 23.0 Å². The molecule has 0 saturated heterocycles. The summed E-state index contributed by atoms with van der Waals surface area (Å²) in [6, 6.07) is 29.1. The fourth-order valence-electron chi connectivity index (χ4n) is 2.80. The van der Waals surface area contributed by atoms with Crippen molar-refractivity contribution in [3.05, 3.63) is 108 Å². The molecule has 25 heavy (non-hydrogen) atoms. The Labute approximate surface area is 146 Å². The molecule has 0 unspecified atom stereocenters. The van der Waals surface area contributed by atoms with Crippen molar-refractivity contribution in [1.29, 1.82) is 0 Å². The summed E-state index contributed by atoms with van der Waals surface area (Å²) in [5.74, 6) is 0.679. The summed E-state index contributed by atoms with van der Waals surface area (Å²) in [5.41, 5.74) is 3.02. The van der Waals surface area contributed by atoms with Gasteiger partial charge in [-0.05, 0) is 12.1 Å². The lowest BCUT2D eigenvalue weighted by Crippen LogP contribution is -2.01. The molecule has 0 aliphatic heterocycles. The van der Waals surface area contributed by atoms with Gasteiger partial charge in [-0.25, -0.2) is 4.98 Å². The van der Waals surface area contributed by atoms with Gasteiger partial charge in [-0.3, -0.25) is 9.36 Å². The van der Waals surface area contributed by atoms with E-state index in [9.17, 15) is 4.79 Å². The summed E-state index contributed by atoms with van der Waals surface area (Å²) in [5, 5.41) is 0. The third-order valence-electron chi connectivity index (χ3n) is 4.04. The van der Waals surface area contributed by atoms with E-state index in [0.717, 1.165) is 17.1 Å². The number of carbonyl (C=O) groups is 1. The number of imidazole rings is 1. The summed E-state index contributed by atoms with van der Waals surface area (Å²) >= 11 is 0. The normalized spacial score (nSPS) is 10.6. The van der Waals surface area contributed by atoms with Crippen LogP contribution >= 0.6 is 0 Å². The van der Waals surface area contributed by atoms with Crippen LogP contribution in [0.15, 0.2) is 97.2 Å². The smallest absolute Gasteiger partial charge is 0.212 e. The number of benzene rings is 3. The maximum atomic E-state index is 12.8. The third kappa shape index (κ3) is 3.00. The fourth-order valence-corrected chi connectivity index (χ4v) is 2.80. The van der Waals surface area contributed by atoms with Crippen LogP contribution in [0.5, 0.6) is 0 Å². The van der Waals surface area contributed by atoms with E-state index < -0.39 is 0 Å². The molecule has 0 spiro atoms. The molecule has 1 heterocycles. The molecular weight excluding hydrogens is 308 g/mol. The van der Waals surface area contributed by atoms with Crippen LogP contribution < -0.4 is 0 Å². The second kappa shape index (κ2) is 6.57. The predicted molar refractivity (Wildman–Crippen MR) is 98.9 cm³/mol. The lowest BCUT2D eigenvalue weighted by atomic mass is 10.1. The second-order valence-corrected chi connectivity index (χ2v) is 5.72. The van der Waals surface area contributed by atoms with Crippen molar-refractivity contribution < 1.29 is 4.79 Å². The van der Waals surface area contributed by atoms with E-state index in [0.29, 0.717) is 11.3 Å². The minimum Gasteiger partial charge on any atom is -0.299 e. The van der Waals surface area contributed by atoms with E-state index in [1.807, 2.05) is 102 Å². The highest BCUT2D eigenvalue weighted by Crippen LogP contribution is 2.24. The summed E-state index contributed by atoms with van der Waals surface area (Å²) in [7, 11) is 0. The van der Waals surface area contributed by atoms with Crippen LogP contribution in [0.2, 0.25) is 0 Å². The SMILES string of the molecule is O=C(c1ccccc1)c1cn(-c2ccccc2)c(-c2ccccc2)n1. The quantitative estimate of drug-likeness (QED) is 0.507. The van der Waals surface area contributed by atoms with Crippen molar-refractivity contribution in [2.45, 2.75) is 0 Å². The zero-order chi connectivity index (χ0) is 17.1. The highest BCUT2D eigenvalue weighted by atomic mass is 16.1. The topological polar surface area (TPSA) is 34.9 Å². The number of ketones is 1. The third-order valence-corrected chi connectivity index (χ3v) is 4.04. The Morgan fingerprint density at radius 3 is 1.92 bits per heavy atom. The molecule has 0 bridgehead atoms. The van der Waals surface area contributed by atoms with Crippen molar-refractivity contribution in [3.63, 3.8) is 0 Å². The number of aromatic nitrogens is 2. The van der Waals surface area contributed by atoms with Crippen LogP contribution in [0.3, 0.4) is 0 Å². The fraction of sp³-hybridized carbons (Fsp3) is 0. The predicted octanol–water partition coefficient (Wildman–Crippen LogP) is 4.77. The van der Waals surface area contributed by atoms with Gasteiger partial charge >= 0.3 is 0 Å². The first-order valence-electron chi connectivity index (χ1n) is 8.13. The Balaban J connectivity index is 1.86. The van der Waals surface area contributed by atoms with Gasteiger partial charge in [0.15, 0.2) is 0 Å². The average Bonchev–Trinajstić information content (AvgIpc) is 3.15. The molecule has 120 valence electrons. The first kappa shape index (κ1) is 15.1. The summed E-state index contributed by atoms with van der Waals surface area (Å²) in [6.07, 6.45) is 1.81. The number of hydrogen-bond donors (Lipinski definition) is 0. The van der Waals surface area contributed by atoms with E-state index in [1.54, 1.807) is 0 Å². The molecular formula is C22H16N2O. The zero-order valence-electron chi connectivity index (χ0n) is 13.5. The average molecular weight is 324 g/mol. The van der Waals surface area contributed by atoms with Crippen molar-refractivity contribution in [3.8, 4) is 17.1 Å². The number of rotatable bonds is 4. The Hall–Kier alpha value is -3.46. The Morgan fingerprint density at radius 2 is 1.28 bits per heavy atom. The molecule has 0 amide bonds. The number of para-hydroxylation sites is 1. The van der Waals surface area contributed by atoms with E-state index >= 15 is 0 Å². The second-order valence-electron chi connectivity index (χ2n) is 5.72. The lowest BCUT2D eigenvalue weighted by Gasteiger charge is -2.07. The minimum absolute atomic E-state index is 0.0764. The molecule has 0 aliphatic rings. The maximum Gasteiger partial charge on any atom is 0.212 e. The number of hydrogen-bond acceptors (Lipinski definition) is 2. The first-order valence-corrected chi connectivity index (χ1v) is 8.13. The molecule has 0 fully saturated rings. The van der Waals surface area contributed by atoms with Crippen molar-refractivity contribution >= 4 is 5.78 Å². The summed E-state index contributed by atoms with van der Waals surface area (Å²) in [6.45, 7) is 0. The largest absolute Gasteiger partial charge is 0.299 e. The maximum absolute atomic E-state index is 12.8. The van der Waals surface area contributed by atoms with Crippen LogP contribution in [0.25, 0.3) is 17.1 Å². The molecule has 4 rings (SSSR count). The summed E-state index contributed by atoms with van der Waals surface area (Å²) in [4.78, 5) is 17.4. The van der Waals surface area contributed by atoms with Gasteiger partial charge in [-0.15, -0.1) is 0 Å². The first-order chi connectivity index (χ1) is 12.3. The Kier molecular flexibility index (Phi) is 3.97. The van der Waals surface area contributed by atoms with Crippen molar-refractivity contribution in [1.82, 2.24) is 9.55 Å². The van der Waals surface area contributed by atoms with Crippen LogP contribution in [0, 0.1) is 0 Å². The van der Waals surface area contributed by atoms with E-state index in [1.165, 1.54) is 0 Å². The van der Waals surface area contributed by atoms with Gasteiger partial charge in [0.05, 0.1) is 0 Å². The van der Waals surface area contributed by atoms with Gasteiger partial charge in [0.2, 0.25) is 5.78 Å². The zero-order valence-corrected chi connectivity index (χ0v) is 13.5. The van der Waals surface area contributed by atoms with Gasteiger partial charge in [-0.1, -0.05) is 78.9 Å². The molecule has 0 N–H and O–H groups in total. The minimum atomic E-state index is -0.0764. The van der Waals surface area contributed by atoms with Crippen molar-refractivity contribution in [2.75, 3.05) is 0 Å². The summed E-state index contributed by atoms with van der Waals surface area (Å²) < 4.78 is 1.96. The Bertz CT molecular complexity index is 933. The van der Waals surface area contributed by atoms with Crippen LogP contribution in [0.1, 0.15) is 16.1 Å². The van der Waals surface area contributed by atoms with E-state index in [2.05, 4.69) is 4.98 Å². The lowest BCUT2D eigenvalue weighted by molar-refractivity contribution is 0.103. The Morgan fingerprint density at radius 1 is 0.720 bits per heavy atom. The number of nitrogens with zero attached hydrogens (tertiary/aromatic N) is 2. The molecule has 3 heteroatoms. The standard InChI is InChI=1S/C22H16N2O/c25-21(17-10-4-1-5-11-17)20-16-24(19-14-8-3-9-15-19)22(23-20)18-12-6-2-7-13-18/h1-16H. The monoisotopic (exact) mass is 324 g/mol. The van der Waals surface area contributed by atoms with E-state index in [-0.39, 0.29) is 5.78 Å². The molecule has 0 aliphatic carbocycles.